The predicted octanol–water partition coefficient (Wildman–Crippen LogP) is 1.57. The molecule has 1 atom stereocenters. The van der Waals surface area contributed by atoms with E-state index in [4.69, 9.17) is 14.5 Å². The molecule has 1 unspecified atom stereocenters. The van der Waals surface area contributed by atoms with Gasteiger partial charge in [0, 0.05) is 44.0 Å². The maximum absolute atomic E-state index is 5.72. The Balaban J connectivity index is 1.58. The van der Waals surface area contributed by atoms with Gasteiger partial charge in [0.05, 0.1) is 23.4 Å². The number of thiazole rings is 1. The standard InChI is InChI=1S/C13H20N2O2S/c1-4-16-5-2-10(1)12-9-18-13(15-12)7-11-8-14-3-6-17-11/h9-11,14H,1-8H2. The predicted molar refractivity (Wildman–Crippen MR) is 71.2 cm³/mol. The molecule has 2 saturated heterocycles. The molecule has 0 saturated carbocycles. The van der Waals surface area contributed by atoms with Crippen LogP contribution < -0.4 is 5.32 Å². The highest BCUT2D eigenvalue weighted by atomic mass is 32.1. The molecule has 0 amide bonds. The molecule has 1 N–H and O–H groups in total. The Morgan fingerprint density at radius 2 is 2.22 bits per heavy atom. The van der Waals surface area contributed by atoms with E-state index in [1.165, 1.54) is 10.7 Å². The fourth-order valence-electron chi connectivity index (χ4n) is 2.55. The summed E-state index contributed by atoms with van der Waals surface area (Å²) in [5, 5.41) is 6.80. The van der Waals surface area contributed by atoms with Crippen LogP contribution >= 0.6 is 11.3 Å². The molecule has 0 aliphatic carbocycles. The van der Waals surface area contributed by atoms with Gasteiger partial charge in [-0.05, 0) is 12.8 Å². The van der Waals surface area contributed by atoms with Crippen molar-refractivity contribution in [1.82, 2.24) is 10.3 Å². The first-order valence-electron chi connectivity index (χ1n) is 6.76. The van der Waals surface area contributed by atoms with Crippen LogP contribution in [0, 0.1) is 0 Å². The fraction of sp³-hybridized carbons (Fsp3) is 0.769. The molecule has 0 aromatic carbocycles. The van der Waals surface area contributed by atoms with E-state index in [1.807, 2.05) is 0 Å². The van der Waals surface area contributed by atoms with Crippen molar-refractivity contribution in [3.63, 3.8) is 0 Å². The van der Waals surface area contributed by atoms with Crippen molar-refractivity contribution in [2.45, 2.75) is 31.3 Å². The van der Waals surface area contributed by atoms with Gasteiger partial charge in [0.2, 0.25) is 0 Å². The second kappa shape index (κ2) is 6.10. The van der Waals surface area contributed by atoms with Crippen molar-refractivity contribution in [1.29, 1.82) is 0 Å². The average Bonchev–Trinajstić information content (AvgIpc) is 2.89. The molecule has 1 aromatic heterocycles. The Hall–Kier alpha value is -0.490. The lowest BCUT2D eigenvalue weighted by Crippen LogP contribution is -2.39. The number of hydrogen-bond acceptors (Lipinski definition) is 5. The number of nitrogens with zero attached hydrogens (tertiary/aromatic N) is 1. The molecule has 18 heavy (non-hydrogen) atoms. The van der Waals surface area contributed by atoms with Gasteiger partial charge in [-0.1, -0.05) is 0 Å². The van der Waals surface area contributed by atoms with E-state index in [0.29, 0.717) is 12.0 Å². The maximum atomic E-state index is 5.72. The topological polar surface area (TPSA) is 43.4 Å². The summed E-state index contributed by atoms with van der Waals surface area (Å²) in [6.07, 6.45) is 3.48. The number of rotatable bonds is 3. The maximum Gasteiger partial charge on any atom is 0.0954 e. The van der Waals surface area contributed by atoms with Crippen LogP contribution in [0.2, 0.25) is 0 Å². The summed E-state index contributed by atoms with van der Waals surface area (Å²) in [5.41, 5.74) is 1.27. The summed E-state index contributed by atoms with van der Waals surface area (Å²) >= 11 is 1.78. The minimum Gasteiger partial charge on any atom is -0.381 e. The molecule has 0 bridgehead atoms. The second-order valence-corrected chi connectivity index (χ2v) is 5.90. The molecule has 3 heterocycles. The first-order chi connectivity index (χ1) is 8.92. The van der Waals surface area contributed by atoms with Crippen LogP contribution in [-0.4, -0.2) is 44.0 Å². The third kappa shape index (κ3) is 3.09. The van der Waals surface area contributed by atoms with Crippen molar-refractivity contribution in [2.75, 3.05) is 32.9 Å². The molecule has 5 heteroatoms. The minimum atomic E-state index is 0.299. The minimum absolute atomic E-state index is 0.299. The fourth-order valence-corrected chi connectivity index (χ4v) is 3.49. The van der Waals surface area contributed by atoms with Gasteiger partial charge in [-0.3, -0.25) is 0 Å². The summed E-state index contributed by atoms with van der Waals surface area (Å²) in [6, 6.07) is 0. The smallest absolute Gasteiger partial charge is 0.0954 e. The molecule has 2 aliphatic heterocycles. The Bertz CT molecular complexity index is 371. The largest absolute Gasteiger partial charge is 0.381 e. The van der Waals surface area contributed by atoms with Crippen molar-refractivity contribution in [3.8, 4) is 0 Å². The normalized spacial score (nSPS) is 26.3. The zero-order valence-electron chi connectivity index (χ0n) is 10.6. The van der Waals surface area contributed by atoms with Crippen molar-refractivity contribution >= 4 is 11.3 Å². The Labute approximate surface area is 112 Å². The van der Waals surface area contributed by atoms with Gasteiger partial charge in [-0.15, -0.1) is 11.3 Å². The molecule has 4 nitrogen and oxygen atoms in total. The zero-order chi connectivity index (χ0) is 12.2. The van der Waals surface area contributed by atoms with Crippen LogP contribution in [0.5, 0.6) is 0 Å². The highest BCUT2D eigenvalue weighted by Crippen LogP contribution is 2.28. The summed E-state index contributed by atoms with van der Waals surface area (Å²) < 4.78 is 11.1. The molecular formula is C13H20N2O2S. The highest BCUT2D eigenvalue weighted by molar-refractivity contribution is 7.09. The quantitative estimate of drug-likeness (QED) is 0.903. The number of ether oxygens (including phenoxy) is 2. The molecule has 100 valence electrons. The molecule has 0 radical (unpaired) electrons. The van der Waals surface area contributed by atoms with Gasteiger partial charge < -0.3 is 14.8 Å². The van der Waals surface area contributed by atoms with Crippen molar-refractivity contribution < 1.29 is 9.47 Å². The van der Waals surface area contributed by atoms with Gasteiger partial charge in [0.25, 0.3) is 0 Å². The van der Waals surface area contributed by atoms with Gasteiger partial charge >= 0.3 is 0 Å². The summed E-state index contributed by atoms with van der Waals surface area (Å²) in [5.74, 6) is 0.606. The summed E-state index contributed by atoms with van der Waals surface area (Å²) in [7, 11) is 0. The monoisotopic (exact) mass is 268 g/mol. The van der Waals surface area contributed by atoms with Crippen LogP contribution in [0.15, 0.2) is 5.38 Å². The van der Waals surface area contributed by atoms with Gasteiger partial charge in [-0.2, -0.15) is 0 Å². The first kappa shape index (κ1) is 12.5. The number of nitrogens with one attached hydrogen (secondary N) is 1. The third-order valence-electron chi connectivity index (χ3n) is 3.62. The van der Waals surface area contributed by atoms with E-state index in [-0.39, 0.29) is 0 Å². The number of hydrogen-bond donors (Lipinski definition) is 1. The molecule has 0 spiro atoms. The Kier molecular flexibility index (Phi) is 4.25. The van der Waals surface area contributed by atoms with E-state index in [0.717, 1.165) is 52.2 Å². The van der Waals surface area contributed by atoms with Gasteiger partial charge in [0.1, 0.15) is 0 Å². The highest BCUT2D eigenvalue weighted by Gasteiger charge is 2.20. The summed E-state index contributed by atoms with van der Waals surface area (Å²) in [6.45, 7) is 4.51. The first-order valence-corrected chi connectivity index (χ1v) is 7.64. The second-order valence-electron chi connectivity index (χ2n) is 4.95. The van der Waals surface area contributed by atoms with E-state index in [9.17, 15) is 0 Å². The molecule has 3 rings (SSSR count). The Morgan fingerprint density at radius 3 is 3.00 bits per heavy atom. The lowest BCUT2D eigenvalue weighted by Gasteiger charge is -2.22. The Morgan fingerprint density at radius 1 is 1.33 bits per heavy atom. The van der Waals surface area contributed by atoms with Crippen LogP contribution in [0.1, 0.15) is 29.5 Å². The van der Waals surface area contributed by atoms with Crippen LogP contribution in [-0.2, 0) is 15.9 Å². The molecular weight excluding hydrogens is 248 g/mol. The molecule has 2 fully saturated rings. The van der Waals surface area contributed by atoms with Crippen molar-refractivity contribution in [3.05, 3.63) is 16.1 Å². The SMILES string of the molecule is c1sc(CC2CNCCO2)nc1C1CCOCC1. The van der Waals surface area contributed by atoms with E-state index >= 15 is 0 Å². The molecule has 1 aromatic rings. The number of aromatic nitrogens is 1. The third-order valence-corrected chi connectivity index (χ3v) is 4.51. The zero-order valence-corrected chi connectivity index (χ0v) is 11.4. The van der Waals surface area contributed by atoms with E-state index in [2.05, 4.69) is 10.7 Å². The van der Waals surface area contributed by atoms with Gasteiger partial charge in [-0.25, -0.2) is 4.98 Å². The molecule has 2 aliphatic rings. The van der Waals surface area contributed by atoms with Crippen LogP contribution in [0.4, 0.5) is 0 Å². The van der Waals surface area contributed by atoms with E-state index in [1.54, 1.807) is 11.3 Å². The lowest BCUT2D eigenvalue weighted by molar-refractivity contribution is 0.0291. The average molecular weight is 268 g/mol. The number of morpholine rings is 1. The van der Waals surface area contributed by atoms with Crippen LogP contribution in [0.25, 0.3) is 0 Å². The van der Waals surface area contributed by atoms with E-state index < -0.39 is 0 Å². The van der Waals surface area contributed by atoms with Gasteiger partial charge in [0.15, 0.2) is 0 Å². The van der Waals surface area contributed by atoms with Crippen molar-refractivity contribution in [2.24, 2.45) is 0 Å². The summed E-state index contributed by atoms with van der Waals surface area (Å²) in [4.78, 5) is 4.78. The lowest BCUT2D eigenvalue weighted by atomic mass is 9.97. The van der Waals surface area contributed by atoms with Crippen LogP contribution in [0.3, 0.4) is 0 Å².